The monoisotopic (exact) mass is 210 g/mol. The van der Waals surface area contributed by atoms with E-state index in [-0.39, 0.29) is 5.60 Å². The first kappa shape index (κ1) is 11.6. The quantitative estimate of drug-likeness (QED) is 0.703. The highest BCUT2D eigenvalue weighted by atomic mass is 32.2. The van der Waals surface area contributed by atoms with Crippen LogP contribution in [0.2, 0.25) is 0 Å². The number of hydrogen-bond donors (Lipinski definition) is 0. The van der Waals surface area contributed by atoms with Gasteiger partial charge in [0.05, 0.1) is 12.2 Å². The Morgan fingerprint density at radius 2 is 2.00 bits per heavy atom. The lowest BCUT2D eigenvalue weighted by Crippen LogP contribution is -2.18. The minimum atomic E-state index is -0.0602. The predicted octanol–water partition coefficient (Wildman–Crippen LogP) is 3.72. The second kappa shape index (κ2) is 4.85. The number of rotatable bonds is 3. The van der Waals surface area contributed by atoms with E-state index < -0.39 is 0 Å². The molecule has 1 aromatic carbocycles. The van der Waals surface area contributed by atoms with Gasteiger partial charge in [-0.15, -0.1) is 11.8 Å². The van der Waals surface area contributed by atoms with Crippen LogP contribution in [-0.2, 0) is 11.3 Å². The molecule has 0 aliphatic rings. The van der Waals surface area contributed by atoms with Crippen LogP contribution in [-0.4, -0.2) is 11.9 Å². The summed E-state index contributed by atoms with van der Waals surface area (Å²) in [5.41, 5.74) is 1.18. The second-order valence-corrected chi connectivity index (χ2v) is 5.13. The highest BCUT2D eigenvalue weighted by Gasteiger charge is 2.09. The number of thioether (sulfide) groups is 1. The molecule has 0 aromatic heterocycles. The molecule has 0 amide bonds. The first-order chi connectivity index (χ1) is 6.51. The first-order valence-corrected chi connectivity index (χ1v) is 6.00. The van der Waals surface area contributed by atoms with E-state index in [4.69, 9.17) is 4.74 Å². The number of ether oxygens (including phenoxy) is 1. The lowest BCUT2D eigenvalue weighted by Gasteiger charge is -2.19. The maximum Gasteiger partial charge on any atom is 0.0724 e. The molecule has 0 N–H and O–H groups in total. The van der Waals surface area contributed by atoms with E-state index in [1.165, 1.54) is 10.5 Å². The molecule has 0 atom stereocenters. The van der Waals surface area contributed by atoms with Gasteiger partial charge >= 0.3 is 0 Å². The summed E-state index contributed by atoms with van der Waals surface area (Å²) in [4.78, 5) is 1.29. The van der Waals surface area contributed by atoms with Crippen molar-refractivity contribution < 1.29 is 4.74 Å². The zero-order valence-electron chi connectivity index (χ0n) is 9.33. The molecular weight excluding hydrogens is 192 g/mol. The van der Waals surface area contributed by atoms with Crippen LogP contribution in [0, 0.1) is 0 Å². The number of benzene rings is 1. The third kappa shape index (κ3) is 4.16. The van der Waals surface area contributed by atoms with Crippen molar-refractivity contribution in [2.24, 2.45) is 0 Å². The van der Waals surface area contributed by atoms with Crippen molar-refractivity contribution in [3.8, 4) is 0 Å². The topological polar surface area (TPSA) is 9.23 Å². The van der Waals surface area contributed by atoms with Crippen LogP contribution in [0.1, 0.15) is 26.3 Å². The molecule has 0 saturated heterocycles. The van der Waals surface area contributed by atoms with Crippen molar-refractivity contribution in [3.05, 3.63) is 29.8 Å². The minimum absolute atomic E-state index is 0.0602. The molecule has 1 nitrogen and oxygen atoms in total. The molecule has 0 spiro atoms. The standard InChI is InChI=1S/C12H18OS/c1-12(2,3)13-9-10-6-5-7-11(8-10)14-4/h5-8H,9H2,1-4H3. The normalized spacial score (nSPS) is 11.7. The largest absolute Gasteiger partial charge is 0.371 e. The maximum atomic E-state index is 5.71. The Morgan fingerprint density at radius 1 is 1.29 bits per heavy atom. The molecule has 0 bridgehead atoms. The predicted molar refractivity (Wildman–Crippen MR) is 62.8 cm³/mol. The molecule has 1 rings (SSSR count). The van der Waals surface area contributed by atoms with Gasteiger partial charge in [-0.25, -0.2) is 0 Å². The molecule has 0 unspecified atom stereocenters. The fourth-order valence-corrected chi connectivity index (χ4v) is 1.55. The molecule has 0 aliphatic heterocycles. The lowest BCUT2D eigenvalue weighted by molar-refractivity contribution is -0.0150. The molecule has 2 heteroatoms. The lowest BCUT2D eigenvalue weighted by atomic mass is 10.2. The highest BCUT2D eigenvalue weighted by Crippen LogP contribution is 2.18. The van der Waals surface area contributed by atoms with Crippen molar-refractivity contribution >= 4 is 11.8 Å². The van der Waals surface area contributed by atoms with E-state index in [2.05, 4.69) is 51.3 Å². The van der Waals surface area contributed by atoms with Crippen molar-refractivity contribution in [2.75, 3.05) is 6.26 Å². The summed E-state index contributed by atoms with van der Waals surface area (Å²) in [6, 6.07) is 8.47. The zero-order chi connectivity index (χ0) is 10.6. The van der Waals surface area contributed by atoms with E-state index in [1.807, 2.05) is 0 Å². The molecule has 1 aromatic rings. The summed E-state index contributed by atoms with van der Waals surface area (Å²) in [5.74, 6) is 0. The fourth-order valence-electron chi connectivity index (χ4n) is 1.06. The van der Waals surface area contributed by atoms with Crippen LogP contribution in [0.25, 0.3) is 0 Å². The van der Waals surface area contributed by atoms with Crippen molar-refractivity contribution in [2.45, 2.75) is 37.9 Å². The van der Waals surface area contributed by atoms with Crippen molar-refractivity contribution in [1.29, 1.82) is 0 Å². The third-order valence-corrected chi connectivity index (χ3v) is 2.53. The molecule has 0 saturated carbocycles. The summed E-state index contributed by atoms with van der Waals surface area (Å²) in [6.07, 6.45) is 2.09. The Kier molecular flexibility index (Phi) is 4.02. The van der Waals surface area contributed by atoms with Gasteiger partial charge in [-0.05, 0) is 44.7 Å². The number of hydrogen-bond acceptors (Lipinski definition) is 2. The smallest absolute Gasteiger partial charge is 0.0724 e. The van der Waals surface area contributed by atoms with Gasteiger partial charge in [0, 0.05) is 4.90 Å². The van der Waals surface area contributed by atoms with E-state index >= 15 is 0 Å². The second-order valence-electron chi connectivity index (χ2n) is 4.25. The van der Waals surface area contributed by atoms with Gasteiger partial charge in [0.1, 0.15) is 0 Å². The van der Waals surface area contributed by atoms with Crippen LogP contribution in [0.4, 0.5) is 0 Å². The maximum absolute atomic E-state index is 5.71. The van der Waals surface area contributed by atoms with Crippen LogP contribution >= 0.6 is 11.8 Å². The van der Waals surface area contributed by atoms with Crippen molar-refractivity contribution in [3.63, 3.8) is 0 Å². The molecular formula is C12H18OS. The van der Waals surface area contributed by atoms with Crippen LogP contribution in [0.15, 0.2) is 29.2 Å². The van der Waals surface area contributed by atoms with E-state index in [1.54, 1.807) is 11.8 Å². The van der Waals surface area contributed by atoms with E-state index in [0.717, 1.165) is 0 Å². The van der Waals surface area contributed by atoms with Gasteiger partial charge in [0.25, 0.3) is 0 Å². The SMILES string of the molecule is CSc1cccc(COC(C)(C)C)c1. The average molecular weight is 210 g/mol. The molecule has 0 radical (unpaired) electrons. The van der Waals surface area contributed by atoms with Gasteiger partial charge in [-0.3, -0.25) is 0 Å². The molecule has 0 aliphatic carbocycles. The zero-order valence-corrected chi connectivity index (χ0v) is 10.1. The average Bonchev–Trinajstić information content (AvgIpc) is 2.14. The summed E-state index contributed by atoms with van der Waals surface area (Å²) in [6.45, 7) is 6.92. The first-order valence-electron chi connectivity index (χ1n) is 4.78. The molecule has 78 valence electrons. The Morgan fingerprint density at radius 3 is 2.57 bits per heavy atom. The van der Waals surface area contributed by atoms with Gasteiger partial charge in [-0.1, -0.05) is 12.1 Å². The van der Waals surface area contributed by atoms with Gasteiger partial charge < -0.3 is 4.74 Å². The Hall–Kier alpha value is -0.470. The van der Waals surface area contributed by atoms with Crippen LogP contribution in [0.5, 0.6) is 0 Å². The Bertz CT molecular complexity index is 289. The van der Waals surface area contributed by atoms with Gasteiger partial charge in [-0.2, -0.15) is 0 Å². The molecule has 0 heterocycles. The summed E-state index contributed by atoms with van der Waals surface area (Å²) in [5, 5.41) is 0. The molecule has 0 fully saturated rings. The summed E-state index contributed by atoms with van der Waals surface area (Å²) >= 11 is 1.76. The third-order valence-electron chi connectivity index (χ3n) is 1.81. The van der Waals surface area contributed by atoms with Gasteiger partial charge in [0.15, 0.2) is 0 Å². The van der Waals surface area contributed by atoms with Gasteiger partial charge in [0.2, 0.25) is 0 Å². The van der Waals surface area contributed by atoms with Crippen molar-refractivity contribution in [1.82, 2.24) is 0 Å². The summed E-state index contributed by atoms with van der Waals surface area (Å²) < 4.78 is 5.71. The summed E-state index contributed by atoms with van der Waals surface area (Å²) in [7, 11) is 0. The van der Waals surface area contributed by atoms with E-state index in [9.17, 15) is 0 Å². The van der Waals surface area contributed by atoms with Crippen LogP contribution in [0.3, 0.4) is 0 Å². The van der Waals surface area contributed by atoms with E-state index in [0.29, 0.717) is 6.61 Å². The highest BCUT2D eigenvalue weighted by molar-refractivity contribution is 7.98. The Balaban J connectivity index is 2.59. The molecule has 14 heavy (non-hydrogen) atoms. The fraction of sp³-hybridized carbons (Fsp3) is 0.500. The van der Waals surface area contributed by atoms with Crippen LogP contribution < -0.4 is 0 Å². The Labute approximate surface area is 90.9 Å². The minimum Gasteiger partial charge on any atom is -0.371 e.